The number of hydrogen-bond acceptors (Lipinski definition) is 5. The first kappa shape index (κ1) is 25.2. The summed E-state index contributed by atoms with van der Waals surface area (Å²) in [6.45, 7) is -1.01. The maximum absolute atomic E-state index is 13.4. The minimum Gasteiger partial charge on any atom is -0.493 e. The normalized spacial score (nSPS) is 12.3. The van der Waals surface area contributed by atoms with E-state index in [1.165, 1.54) is 24.3 Å². The number of alkyl halides is 3. The smallest absolute Gasteiger partial charge is 0.416 e. The van der Waals surface area contributed by atoms with Crippen molar-refractivity contribution in [1.82, 2.24) is 4.98 Å². The Hall–Kier alpha value is -3.90. The van der Waals surface area contributed by atoms with Crippen molar-refractivity contribution in [3.8, 4) is 5.88 Å². The Kier molecular flexibility index (Phi) is 6.74. The number of benzene rings is 3. The molecule has 4 rings (SSSR count). The number of aromatic amines is 1. The first-order valence-corrected chi connectivity index (χ1v) is 12.0. The fourth-order valence-corrected chi connectivity index (χ4v) is 5.09. The molecule has 0 aliphatic heterocycles. The molecular formula is C23H16ClF3N4O4S. The van der Waals surface area contributed by atoms with Crippen LogP contribution in [0, 0.1) is 0 Å². The quantitative estimate of drug-likeness (QED) is 0.292. The number of nitrogens with one attached hydrogen (secondary N) is 1. The highest BCUT2D eigenvalue weighted by Gasteiger charge is 2.34. The molecule has 0 saturated carbocycles. The van der Waals surface area contributed by atoms with Gasteiger partial charge in [-0.1, -0.05) is 48.0 Å². The second-order valence-electron chi connectivity index (χ2n) is 7.45. The predicted molar refractivity (Wildman–Crippen MR) is 127 cm³/mol. The minimum atomic E-state index is -4.79. The van der Waals surface area contributed by atoms with E-state index in [4.69, 9.17) is 11.6 Å². The van der Waals surface area contributed by atoms with Crippen molar-refractivity contribution in [2.45, 2.75) is 11.1 Å². The molecule has 0 aliphatic carbocycles. The van der Waals surface area contributed by atoms with Crippen molar-refractivity contribution >= 4 is 49.8 Å². The number of rotatable bonds is 6. The van der Waals surface area contributed by atoms with Crippen LogP contribution in [-0.4, -0.2) is 31.0 Å². The maximum atomic E-state index is 13.4. The van der Waals surface area contributed by atoms with Crippen LogP contribution in [-0.2, 0) is 21.0 Å². The van der Waals surface area contributed by atoms with Crippen molar-refractivity contribution in [3.63, 3.8) is 0 Å². The summed E-state index contributed by atoms with van der Waals surface area (Å²) in [5, 5.41) is 17.4. The second-order valence-corrected chi connectivity index (χ2v) is 9.72. The standard InChI is InChI=1S/C23H16ClF3N4O4S/c24-17-11-10-14(23(25,26)27)12-19(17)31(36(34,35)15-6-2-1-3-7-15)13-20(32)29-30-21-16-8-4-5-9-18(16)28-22(21)33/h1-12,28,33H,13H2. The molecule has 0 atom stereocenters. The van der Waals surface area contributed by atoms with Gasteiger partial charge in [-0.15, -0.1) is 10.2 Å². The Morgan fingerprint density at radius 2 is 1.69 bits per heavy atom. The molecule has 0 bridgehead atoms. The number of aromatic hydroxyl groups is 1. The Bertz CT molecular complexity index is 1570. The molecule has 36 heavy (non-hydrogen) atoms. The van der Waals surface area contributed by atoms with Gasteiger partial charge in [0, 0.05) is 5.39 Å². The number of carbonyl (C=O) groups is 1. The van der Waals surface area contributed by atoms with Crippen molar-refractivity contribution in [3.05, 3.63) is 83.4 Å². The number of azo groups is 1. The van der Waals surface area contributed by atoms with Crippen LogP contribution in [0.2, 0.25) is 5.02 Å². The number of fused-ring (bicyclic) bond motifs is 1. The van der Waals surface area contributed by atoms with Crippen LogP contribution in [0.3, 0.4) is 0 Å². The summed E-state index contributed by atoms with van der Waals surface area (Å²) < 4.78 is 67.2. The third kappa shape index (κ3) is 5.04. The zero-order chi connectivity index (χ0) is 26.1. The summed E-state index contributed by atoms with van der Waals surface area (Å²) in [5.74, 6) is -1.49. The molecule has 3 aromatic carbocycles. The molecule has 1 heterocycles. The van der Waals surface area contributed by atoms with Crippen LogP contribution in [0.4, 0.5) is 24.5 Å². The van der Waals surface area contributed by atoms with Crippen LogP contribution < -0.4 is 4.31 Å². The molecule has 8 nitrogen and oxygen atoms in total. The van der Waals surface area contributed by atoms with Gasteiger partial charge in [0.2, 0.25) is 5.88 Å². The van der Waals surface area contributed by atoms with Gasteiger partial charge in [-0.3, -0.25) is 9.10 Å². The first-order valence-electron chi connectivity index (χ1n) is 10.2. The Morgan fingerprint density at radius 3 is 2.39 bits per heavy atom. The number of hydrogen-bond donors (Lipinski definition) is 2. The largest absolute Gasteiger partial charge is 0.493 e. The van der Waals surface area contributed by atoms with E-state index in [1.807, 2.05) is 0 Å². The summed E-state index contributed by atoms with van der Waals surface area (Å²) in [6.07, 6.45) is -4.79. The van der Waals surface area contributed by atoms with Gasteiger partial charge in [-0.05, 0) is 36.4 Å². The molecule has 4 aromatic rings. The fraction of sp³-hybridized carbons (Fsp3) is 0.0870. The maximum Gasteiger partial charge on any atom is 0.416 e. The Labute approximate surface area is 207 Å². The highest BCUT2D eigenvalue weighted by atomic mass is 35.5. The lowest BCUT2D eigenvalue weighted by molar-refractivity contribution is -0.137. The average Bonchev–Trinajstić information content (AvgIpc) is 3.16. The fourth-order valence-electron chi connectivity index (χ4n) is 3.37. The van der Waals surface area contributed by atoms with Gasteiger partial charge in [0.1, 0.15) is 6.54 Å². The number of para-hydroxylation sites is 1. The number of carbonyl (C=O) groups excluding carboxylic acids is 1. The zero-order valence-corrected chi connectivity index (χ0v) is 19.6. The number of amides is 1. The molecule has 1 amide bonds. The van der Waals surface area contributed by atoms with Crippen LogP contribution in [0.1, 0.15) is 5.56 Å². The number of H-pyrrole nitrogens is 1. The highest BCUT2D eigenvalue weighted by Crippen LogP contribution is 2.38. The molecule has 2 N–H and O–H groups in total. The van der Waals surface area contributed by atoms with E-state index in [9.17, 15) is 31.5 Å². The number of anilines is 1. The van der Waals surface area contributed by atoms with Crippen LogP contribution in [0.25, 0.3) is 10.9 Å². The van der Waals surface area contributed by atoms with Gasteiger partial charge in [-0.2, -0.15) is 13.2 Å². The molecule has 1 aromatic heterocycles. The van der Waals surface area contributed by atoms with Crippen molar-refractivity contribution in [2.24, 2.45) is 10.2 Å². The molecule has 13 heteroatoms. The van der Waals surface area contributed by atoms with Gasteiger partial charge in [0.25, 0.3) is 15.9 Å². The number of aromatic nitrogens is 1. The molecule has 0 radical (unpaired) electrons. The average molecular weight is 537 g/mol. The summed E-state index contributed by atoms with van der Waals surface area (Å²) >= 11 is 6.09. The van der Waals surface area contributed by atoms with E-state index in [1.54, 1.807) is 30.3 Å². The molecular weight excluding hydrogens is 521 g/mol. The highest BCUT2D eigenvalue weighted by molar-refractivity contribution is 7.92. The van der Waals surface area contributed by atoms with E-state index in [0.29, 0.717) is 27.3 Å². The second kappa shape index (κ2) is 9.63. The minimum absolute atomic E-state index is 0.0616. The van der Waals surface area contributed by atoms with Gasteiger partial charge >= 0.3 is 6.18 Å². The first-order chi connectivity index (χ1) is 17.0. The van der Waals surface area contributed by atoms with Gasteiger partial charge in [-0.25, -0.2) is 8.42 Å². The third-order valence-electron chi connectivity index (χ3n) is 5.07. The summed E-state index contributed by atoms with van der Waals surface area (Å²) in [7, 11) is -4.55. The monoisotopic (exact) mass is 536 g/mol. The molecule has 0 aliphatic rings. The van der Waals surface area contributed by atoms with Crippen molar-refractivity contribution < 1.29 is 31.5 Å². The molecule has 0 spiro atoms. The summed E-state index contributed by atoms with van der Waals surface area (Å²) in [4.78, 5) is 15.1. The Balaban J connectivity index is 1.75. The lowest BCUT2D eigenvalue weighted by Crippen LogP contribution is -2.35. The molecule has 186 valence electrons. The lowest BCUT2D eigenvalue weighted by atomic mass is 10.2. The zero-order valence-electron chi connectivity index (χ0n) is 18.1. The van der Waals surface area contributed by atoms with Crippen LogP contribution in [0.5, 0.6) is 5.88 Å². The van der Waals surface area contributed by atoms with E-state index >= 15 is 0 Å². The third-order valence-corrected chi connectivity index (χ3v) is 7.17. The molecule has 0 unspecified atom stereocenters. The topological polar surface area (TPSA) is 115 Å². The SMILES string of the molecule is O=C(CN(c1cc(C(F)(F)F)ccc1Cl)S(=O)(=O)c1ccccc1)N=Nc1c(O)[nH]c2ccccc12. The van der Waals surface area contributed by atoms with Crippen LogP contribution >= 0.6 is 11.6 Å². The number of nitrogens with zero attached hydrogens (tertiary/aromatic N) is 3. The lowest BCUT2D eigenvalue weighted by Gasteiger charge is -2.24. The Morgan fingerprint density at radius 1 is 1.03 bits per heavy atom. The van der Waals surface area contributed by atoms with Crippen molar-refractivity contribution in [2.75, 3.05) is 10.8 Å². The van der Waals surface area contributed by atoms with Crippen molar-refractivity contribution in [1.29, 1.82) is 0 Å². The van der Waals surface area contributed by atoms with Crippen LogP contribution in [0.15, 0.2) is 87.9 Å². The van der Waals surface area contributed by atoms with Gasteiger partial charge in [0.15, 0.2) is 5.69 Å². The predicted octanol–water partition coefficient (Wildman–Crippen LogP) is 6.05. The van der Waals surface area contributed by atoms with E-state index in [2.05, 4.69) is 15.2 Å². The summed E-state index contributed by atoms with van der Waals surface area (Å²) in [5.41, 5.74) is -1.27. The van der Waals surface area contributed by atoms with Gasteiger partial charge in [0.05, 0.1) is 26.7 Å². The van der Waals surface area contributed by atoms with E-state index in [-0.39, 0.29) is 21.5 Å². The summed E-state index contributed by atoms with van der Waals surface area (Å²) in [6, 6.07) is 15.6. The number of sulfonamides is 1. The molecule has 0 fully saturated rings. The number of halogens is 4. The molecule has 0 saturated heterocycles. The van der Waals surface area contributed by atoms with E-state index in [0.717, 1.165) is 6.07 Å². The van der Waals surface area contributed by atoms with Gasteiger partial charge < -0.3 is 10.1 Å². The van der Waals surface area contributed by atoms with E-state index < -0.39 is 39.9 Å².